The average Bonchev–Trinajstić information content (AvgIpc) is 2.60. The first-order chi connectivity index (χ1) is 8.57. The quantitative estimate of drug-likeness (QED) is 0.688. The van der Waals surface area contributed by atoms with E-state index in [1.807, 2.05) is 0 Å². The van der Waals surface area contributed by atoms with E-state index in [9.17, 15) is 0 Å². The van der Waals surface area contributed by atoms with Gasteiger partial charge in [-0.3, -0.25) is 0 Å². The maximum atomic E-state index is 4.03. The standard InChI is InChI=1S/C17H33N/c1-14-8-5-4-6-10-16(14)18-15-9-7-12-17(2,3)13-11-15/h14-16,18H,4-13H2,1-3H3. The van der Waals surface area contributed by atoms with Crippen LogP contribution < -0.4 is 5.32 Å². The third kappa shape index (κ3) is 4.26. The molecular formula is C17H33N. The van der Waals surface area contributed by atoms with E-state index in [1.54, 1.807) is 0 Å². The van der Waals surface area contributed by atoms with Gasteiger partial charge >= 0.3 is 0 Å². The number of nitrogens with one attached hydrogen (secondary N) is 1. The van der Waals surface area contributed by atoms with Gasteiger partial charge in [-0.05, 0) is 49.9 Å². The molecule has 3 atom stereocenters. The van der Waals surface area contributed by atoms with Crippen LogP contribution in [-0.2, 0) is 0 Å². The zero-order valence-corrected chi connectivity index (χ0v) is 12.8. The summed E-state index contributed by atoms with van der Waals surface area (Å²) in [6.45, 7) is 7.36. The fourth-order valence-electron chi connectivity index (χ4n) is 3.87. The maximum absolute atomic E-state index is 4.03. The van der Waals surface area contributed by atoms with Crippen molar-refractivity contribution >= 4 is 0 Å². The lowest BCUT2D eigenvalue weighted by Gasteiger charge is -2.29. The van der Waals surface area contributed by atoms with Gasteiger partial charge in [-0.15, -0.1) is 0 Å². The van der Waals surface area contributed by atoms with Crippen molar-refractivity contribution in [2.75, 3.05) is 0 Å². The van der Waals surface area contributed by atoms with Gasteiger partial charge in [0.25, 0.3) is 0 Å². The summed E-state index contributed by atoms with van der Waals surface area (Å²) >= 11 is 0. The highest BCUT2D eigenvalue weighted by atomic mass is 15.0. The van der Waals surface area contributed by atoms with Crippen molar-refractivity contribution in [1.29, 1.82) is 0 Å². The molecule has 0 radical (unpaired) electrons. The zero-order chi connectivity index (χ0) is 13.0. The normalized spacial score (nSPS) is 37.8. The number of rotatable bonds is 2. The summed E-state index contributed by atoms with van der Waals surface area (Å²) in [5.41, 5.74) is 0.589. The second kappa shape index (κ2) is 6.41. The van der Waals surface area contributed by atoms with Gasteiger partial charge in [-0.1, -0.05) is 46.5 Å². The molecule has 2 aliphatic rings. The van der Waals surface area contributed by atoms with Crippen LogP contribution in [0.3, 0.4) is 0 Å². The SMILES string of the molecule is CC1CCCCCC1NC1CCCC(C)(C)CC1. The van der Waals surface area contributed by atoms with E-state index < -0.39 is 0 Å². The van der Waals surface area contributed by atoms with Crippen molar-refractivity contribution in [3.8, 4) is 0 Å². The summed E-state index contributed by atoms with van der Waals surface area (Å²) in [7, 11) is 0. The minimum atomic E-state index is 0.589. The fourth-order valence-corrected chi connectivity index (χ4v) is 3.87. The molecule has 2 rings (SSSR count). The van der Waals surface area contributed by atoms with Crippen LogP contribution in [0.15, 0.2) is 0 Å². The molecule has 2 saturated carbocycles. The molecule has 0 aliphatic heterocycles. The van der Waals surface area contributed by atoms with Crippen LogP contribution >= 0.6 is 0 Å². The predicted molar refractivity (Wildman–Crippen MR) is 79.8 cm³/mol. The summed E-state index contributed by atoms with van der Waals surface area (Å²) < 4.78 is 0. The monoisotopic (exact) mass is 251 g/mol. The summed E-state index contributed by atoms with van der Waals surface area (Å²) in [6, 6.07) is 1.61. The van der Waals surface area contributed by atoms with Crippen LogP contribution in [0.5, 0.6) is 0 Å². The highest BCUT2D eigenvalue weighted by Gasteiger charge is 2.27. The van der Waals surface area contributed by atoms with E-state index in [2.05, 4.69) is 26.1 Å². The van der Waals surface area contributed by atoms with Crippen LogP contribution in [0.25, 0.3) is 0 Å². The summed E-state index contributed by atoms with van der Waals surface area (Å²) in [6.07, 6.45) is 14.3. The Kier molecular flexibility index (Phi) is 5.12. The molecule has 1 N–H and O–H groups in total. The average molecular weight is 251 g/mol. The Hall–Kier alpha value is -0.0400. The maximum Gasteiger partial charge on any atom is 0.00952 e. The second-order valence-corrected chi connectivity index (χ2v) is 7.68. The highest BCUT2D eigenvalue weighted by molar-refractivity contribution is 4.84. The van der Waals surface area contributed by atoms with Crippen molar-refractivity contribution in [3.63, 3.8) is 0 Å². The molecule has 0 saturated heterocycles. The molecule has 0 spiro atoms. The van der Waals surface area contributed by atoms with Crippen LogP contribution in [0.4, 0.5) is 0 Å². The Labute approximate surface area is 114 Å². The molecule has 1 nitrogen and oxygen atoms in total. The van der Waals surface area contributed by atoms with Crippen molar-refractivity contribution < 1.29 is 0 Å². The van der Waals surface area contributed by atoms with E-state index >= 15 is 0 Å². The Morgan fingerprint density at radius 1 is 0.833 bits per heavy atom. The Bertz CT molecular complexity index is 246. The number of hydrogen-bond donors (Lipinski definition) is 1. The molecule has 0 aromatic heterocycles. The molecule has 1 heteroatoms. The smallest absolute Gasteiger partial charge is 0.00952 e. The first kappa shape index (κ1) is 14.4. The van der Waals surface area contributed by atoms with Gasteiger partial charge in [0.2, 0.25) is 0 Å². The number of hydrogen-bond acceptors (Lipinski definition) is 1. The van der Waals surface area contributed by atoms with Crippen LogP contribution in [0, 0.1) is 11.3 Å². The Balaban J connectivity index is 1.84. The van der Waals surface area contributed by atoms with Gasteiger partial charge in [0.05, 0.1) is 0 Å². The lowest BCUT2D eigenvalue weighted by molar-refractivity contribution is 0.287. The second-order valence-electron chi connectivity index (χ2n) is 7.68. The largest absolute Gasteiger partial charge is 0.311 e. The zero-order valence-electron chi connectivity index (χ0n) is 12.8. The molecule has 0 aromatic carbocycles. The Morgan fingerprint density at radius 2 is 1.61 bits per heavy atom. The summed E-state index contributed by atoms with van der Waals surface area (Å²) in [5.74, 6) is 0.892. The molecule has 0 aromatic rings. The van der Waals surface area contributed by atoms with Gasteiger partial charge in [0.1, 0.15) is 0 Å². The third-order valence-corrected chi connectivity index (χ3v) is 5.39. The van der Waals surface area contributed by atoms with E-state index in [-0.39, 0.29) is 0 Å². The van der Waals surface area contributed by atoms with E-state index in [1.165, 1.54) is 64.2 Å². The van der Waals surface area contributed by atoms with Crippen molar-refractivity contribution in [1.82, 2.24) is 5.32 Å². The van der Waals surface area contributed by atoms with Crippen molar-refractivity contribution in [3.05, 3.63) is 0 Å². The minimum absolute atomic E-state index is 0.589. The van der Waals surface area contributed by atoms with Gasteiger partial charge in [-0.2, -0.15) is 0 Å². The van der Waals surface area contributed by atoms with Crippen LogP contribution in [0.2, 0.25) is 0 Å². The lowest BCUT2D eigenvalue weighted by atomic mass is 9.85. The molecule has 0 bridgehead atoms. The van der Waals surface area contributed by atoms with Gasteiger partial charge < -0.3 is 5.32 Å². The lowest BCUT2D eigenvalue weighted by Crippen LogP contribution is -2.41. The topological polar surface area (TPSA) is 12.0 Å². The highest BCUT2D eigenvalue weighted by Crippen LogP contribution is 2.34. The summed E-state index contributed by atoms with van der Waals surface area (Å²) in [5, 5.41) is 4.03. The molecule has 2 aliphatic carbocycles. The molecule has 2 fully saturated rings. The molecule has 106 valence electrons. The summed E-state index contributed by atoms with van der Waals surface area (Å²) in [4.78, 5) is 0. The molecule has 18 heavy (non-hydrogen) atoms. The first-order valence-corrected chi connectivity index (χ1v) is 8.33. The fraction of sp³-hybridized carbons (Fsp3) is 1.00. The van der Waals surface area contributed by atoms with Gasteiger partial charge in [0.15, 0.2) is 0 Å². The molecule has 0 amide bonds. The molecule has 3 unspecified atom stereocenters. The molecule has 0 heterocycles. The van der Waals surface area contributed by atoms with E-state index in [4.69, 9.17) is 0 Å². The minimum Gasteiger partial charge on any atom is -0.311 e. The van der Waals surface area contributed by atoms with Gasteiger partial charge in [-0.25, -0.2) is 0 Å². The third-order valence-electron chi connectivity index (χ3n) is 5.39. The first-order valence-electron chi connectivity index (χ1n) is 8.33. The Morgan fingerprint density at radius 3 is 2.44 bits per heavy atom. The van der Waals surface area contributed by atoms with Gasteiger partial charge in [0, 0.05) is 12.1 Å². The van der Waals surface area contributed by atoms with E-state index in [0.29, 0.717) is 5.41 Å². The van der Waals surface area contributed by atoms with E-state index in [0.717, 1.165) is 18.0 Å². The van der Waals surface area contributed by atoms with Crippen molar-refractivity contribution in [2.45, 2.75) is 97.1 Å². The van der Waals surface area contributed by atoms with Crippen LogP contribution in [0.1, 0.15) is 85.0 Å². The van der Waals surface area contributed by atoms with Crippen LogP contribution in [-0.4, -0.2) is 12.1 Å². The predicted octanol–water partition coefficient (Wildman–Crippen LogP) is 4.90. The molecular weight excluding hydrogens is 218 g/mol. The van der Waals surface area contributed by atoms with Crippen molar-refractivity contribution in [2.24, 2.45) is 11.3 Å².